The molecule has 2 saturated heterocycles. The van der Waals surface area contributed by atoms with E-state index in [4.69, 9.17) is 0 Å². The molecule has 7 heteroatoms. The van der Waals surface area contributed by atoms with Crippen LogP contribution in [0.25, 0.3) is 10.9 Å². The quantitative estimate of drug-likeness (QED) is 0.581. The normalized spacial score (nSPS) is 33.8. The summed E-state index contributed by atoms with van der Waals surface area (Å²) in [5, 5.41) is 5.85. The minimum atomic E-state index is 0.103. The molecule has 4 bridgehead atoms. The molecule has 8 rings (SSSR count). The van der Waals surface area contributed by atoms with E-state index >= 15 is 0 Å². The van der Waals surface area contributed by atoms with Crippen LogP contribution in [0.4, 0.5) is 0 Å². The van der Waals surface area contributed by atoms with Gasteiger partial charge in [0.25, 0.3) is 0 Å². The van der Waals surface area contributed by atoms with Gasteiger partial charge in [-0.2, -0.15) is 0 Å². The number of nitrogens with one attached hydrogen (secondary N) is 4. The molecule has 7 nitrogen and oxygen atoms in total. The zero-order valence-electron chi connectivity index (χ0n) is 18.7. The smallest absolute Gasteiger partial charge is 0.223 e. The molecular formula is C25H32N6O. The maximum Gasteiger partial charge on any atom is 0.223 e. The molecule has 6 aliphatic rings. The van der Waals surface area contributed by atoms with E-state index in [1.165, 1.54) is 41.3 Å². The zero-order valence-corrected chi connectivity index (χ0v) is 18.7. The van der Waals surface area contributed by atoms with Gasteiger partial charge in [0.1, 0.15) is 5.84 Å². The van der Waals surface area contributed by atoms with Crippen molar-refractivity contribution in [2.45, 2.75) is 82.2 Å². The molecule has 168 valence electrons. The number of piperidine rings is 2. The summed E-state index contributed by atoms with van der Waals surface area (Å²) >= 11 is 0. The Kier molecular flexibility index (Phi) is 3.99. The number of hydrazone groups is 1. The molecule has 32 heavy (non-hydrogen) atoms. The van der Waals surface area contributed by atoms with E-state index in [0.29, 0.717) is 36.2 Å². The monoisotopic (exact) mass is 432 g/mol. The summed E-state index contributed by atoms with van der Waals surface area (Å²) in [4.78, 5) is 19.4. The van der Waals surface area contributed by atoms with E-state index < -0.39 is 0 Å². The lowest BCUT2D eigenvalue weighted by Crippen LogP contribution is -2.66. The summed E-state index contributed by atoms with van der Waals surface area (Å²) < 4.78 is 0. The fourth-order valence-corrected chi connectivity index (χ4v) is 7.61. The van der Waals surface area contributed by atoms with E-state index in [0.717, 1.165) is 31.5 Å². The van der Waals surface area contributed by atoms with Gasteiger partial charge in [0.05, 0.1) is 0 Å². The predicted molar refractivity (Wildman–Crippen MR) is 124 cm³/mol. The van der Waals surface area contributed by atoms with Crippen LogP contribution in [0.1, 0.15) is 81.3 Å². The number of benzene rings is 1. The predicted octanol–water partition coefficient (Wildman–Crippen LogP) is 3.62. The summed E-state index contributed by atoms with van der Waals surface area (Å²) in [7, 11) is 0. The Bertz CT molecular complexity index is 1100. The lowest BCUT2D eigenvalue weighted by Gasteiger charge is -2.61. The van der Waals surface area contributed by atoms with Gasteiger partial charge in [-0.15, -0.1) is 10.6 Å². The Morgan fingerprint density at radius 1 is 1.22 bits per heavy atom. The number of H-pyrrole nitrogens is 1. The highest BCUT2D eigenvalue weighted by molar-refractivity contribution is 5.90. The van der Waals surface area contributed by atoms with Crippen LogP contribution < -0.4 is 16.5 Å². The Balaban J connectivity index is 1.13. The van der Waals surface area contributed by atoms with Crippen LogP contribution in [-0.4, -0.2) is 33.7 Å². The number of hydrogen-bond donors (Lipinski definition) is 4. The van der Waals surface area contributed by atoms with Gasteiger partial charge >= 0.3 is 0 Å². The van der Waals surface area contributed by atoms with Gasteiger partial charge in [0, 0.05) is 41.0 Å². The number of nitrogens with zero attached hydrogens (tertiary/aromatic N) is 2. The molecule has 1 aromatic carbocycles. The topological polar surface area (TPSA) is 84.6 Å². The molecule has 4 heterocycles. The Hall–Kier alpha value is -2.54. The fraction of sp³-hybridized carbons (Fsp3) is 0.600. The van der Waals surface area contributed by atoms with Crippen LogP contribution in [0, 0.1) is 11.3 Å². The number of amides is 1. The molecule has 1 amide bonds. The highest BCUT2D eigenvalue weighted by Gasteiger charge is 2.58. The largest absolute Gasteiger partial charge is 0.361 e. The highest BCUT2D eigenvalue weighted by Crippen LogP contribution is 2.57. The number of aromatic amines is 1. The molecule has 3 aliphatic heterocycles. The van der Waals surface area contributed by atoms with Gasteiger partial charge in [0.15, 0.2) is 0 Å². The summed E-state index contributed by atoms with van der Waals surface area (Å²) in [6, 6.07) is 7.34. The van der Waals surface area contributed by atoms with Crippen molar-refractivity contribution in [2.24, 2.45) is 16.4 Å². The Morgan fingerprint density at radius 3 is 2.75 bits per heavy atom. The molecule has 2 aromatic rings. The van der Waals surface area contributed by atoms with Crippen molar-refractivity contribution in [3.05, 3.63) is 35.5 Å². The van der Waals surface area contributed by atoms with E-state index in [-0.39, 0.29) is 11.3 Å². The van der Waals surface area contributed by atoms with Crippen molar-refractivity contribution in [2.75, 3.05) is 0 Å². The molecule has 3 unspecified atom stereocenters. The average Bonchev–Trinajstić information content (AvgIpc) is 3.28. The van der Waals surface area contributed by atoms with Crippen molar-refractivity contribution in [1.29, 1.82) is 0 Å². The molecule has 3 atom stereocenters. The van der Waals surface area contributed by atoms with Crippen LogP contribution in [0.2, 0.25) is 0 Å². The van der Waals surface area contributed by atoms with Gasteiger partial charge < -0.3 is 9.88 Å². The summed E-state index contributed by atoms with van der Waals surface area (Å²) in [6.07, 6.45) is 10.9. The van der Waals surface area contributed by atoms with Crippen molar-refractivity contribution in [3.63, 3.8) is 0 Å². The molecule has 3 aliphatic carbocycles. The number of carbonyl (C=O) groups is 1. The molecular weight excluding hydrogens is 400 g/mol. The number of aromatic nitrogens is 1. The van der Waals surface area contributed by atoms with Gasteiger partial charge in [-0.05, 0) is 79.9 Å². The lowest BCUT2D eigenvalue weighted by atomic mass is 9.54. The first-order valence-corrected chi connectivity index (χ1v) is 12.4. The van der Waals surface area contributed by atoms with Gasteiger partial charge in [0.2, 0.25) is 5.91 Å². The second-order valence-electron chi connectivity index (χ2n) is 11.1. The van der Waals surface area contributed by atoms with Crippen LogP contribution in [-0.2, 0) is 4.79 Å². The maximum absolute atomic E-state index is 13.7. The number of carbonyl (C=O) groups excluding carboxylic acids is 1. The highest BCUT2D eigenvalue weighted by atomic mass is 16.2. The van der Waals surface area contributed by atoms with Gasteiger partial charge in [-0.1, -0.05) is 19.1 Å². The van der Waals surface area contributed by atoms with Crippen molar-refractivity contribution < 1.29 is 4.79 Å². The van der Waals surface area contributed by atoms with Crippen LogP contribution in [0.15, 0.2) is 29.5 Å². The fourth-order valence-electron chi connectivity index (χ4n) is 7.61. The van der Waals surface area contributed by atoms with E-state index in [9.17, 15) is 4.79 Å². The van der Waals surface area contributed by atoms with Crippen LogP contribution in [0.5, 0.6) is 0 Å². The number of hydrogen-bond acceptors (Lipinski definition) is 5. The number of rotatable bonds is 5. The minimum Gasteiger partial charge on any atom is -0.361 e. The Morgan fingerprint density at radius 2 is 2.03 bits per heavy atom. The van der Waals surface area contributed by atoms with Gasteiger partial charge in [-0.3, -0.25) is 10.2 Å². The number of hydrazine groups is 2. The third kappa shape index (κ3) is 2.76. The summed E-state index contributed by atoms with van der Waals surface area (Å²) in [5.74, 6) is 3.03. The van der Waals surface area contributed by atoms with Crippen molar-refractivity contribution in [1.82, 2.24) is 26.4 Å². The summed E-state index contributed by atoms with van der Waals surface area (Å²) in [5.41, 5.74) is 13.1. The number of fused-ring (bicyclic) bond motifs is 1. The maximum atomic E-state index is 13.7. The van der Waals surface area contributed by atoms with Gasteiger partial charge in [-0.25, -0.2) is 5.53 Å². The Labute approximate surface area is 188 Å². The van der Waals surface area contributed by atoms with E-state index in [1.54, 1.807) is 0 Å². The first-order chi connectivity index (χ1) is 15.6. The summed E-state index contributed by atoms with van der Waals surface area (Å²) in [6.45, 7) is 2.23. The van der Waals surface area contributed by atoms with E-state index in [1.807, 2.05) is 0 Å². The van der Waals surface area contributed by atoms with Crippen LogP contribution in [0.3, 0.4) is 0 Å². The standard InChI is InChI=1S/C25H32N6O/c1-14(20-13-26-21-4-2-3-19(23(20)21)16-5-6-16)7-22(32)31-17-8-15-9-18(31)12-25(10-15,11-17)24-27-29-30-28-24/h2-4,13-18,26,29-30H,5-12H2,1H3,(H,27,28). The lowest BCUT2D eigenvalue weighted by molar-refractivity contribution is -0.152. The third-order valence-electron chi connectivity index (χ3n) is 8.92. The molecule has 0 radical (unpaired) electrons. The zero-order chi connectivity index (χ0) is 21.4. The second-order valence-corrected chi connectivity index (χ2v) is 11.1. The molecule has 1 aromatic heterocycles. The van der Waals surface area contributed by atoms with Crippen molar-refractivity contribution >= 4 is 22.6 Å². The average molecular weight is 433 g/mol. The van der Waals surface area contributed by atoms with Crippen LogP contribution >= 0.6 is 0 Å². The molecule has 4 N–H and O–H groups in total. The second kappa shape index (κ2) is 6.73. The third-order valence-corrected chi connectivity index (χ3v) is 8.92. The first-order valence-electron chi connectivity index (χ1n) is 12.4. The molecule has 3 saturated carbocycles. The van der Waals surface area contributed by atoms with E-state index in [2.05, 4.69) is 62.8 Å². The molecule has 0 spiro atoms. The SMILES string of the molecule is CC(CC(=O)N1C2CC3CC1CC(C1=NNNN1)(C3)C2)c1c[nH]c2cccc(C3CC3)c12. The van der Waals surface area contributed by atoms with Crippen molar-refractivity contribution in [3.8, 4) is 0 Å². The minimum absolute atomic E-state index is 0.103. The molecule has 5 fully saturated rings. The number of amidine groups is 1. The first kappa shape index (κ1) is 19.0.